The number of benzene rings is 1. The number of hydrogen-bond acceptors (Lipinski definition) is 6. The molecule has 3 aromatic rings. The number of hydrogen-bond donors (Lipinski definition) is 2. The molecule has 8 heteroatoms. The van der Waals surface area contributed by atoms with Gasteiger partial charge in [0.25, 0.3) is 0 Å². The van der Waals surface area contributed by atoms with Crippen LogP contribution in [0.1, 0.15) is 12.0 Å². The zero-order chi connectivity index (χ0) is 16.8. The molecule has 1 aliphatic rings. The summed E-state index contributed by atoms with van der Waals surface area (Å²) in [6.07, 6.45) is 1.03. The first kappa shape index (κ1) is 14.9. The number of aryl methyl sites for hydroxylation is 1. The molecule has 0 radical (unpaired) electrons. The van der Waals surface area contributed by atoms with Gasteiger partial charge >= 0.3 is 0 Å². The van der Waals surface area contributed by atoms with Gasteiger partial charge in [0.1, 0.15) is 11.7 Å². The van der Waals surface area contributed by atoms with Gasteiger partial charge in [-0.15, -0.1) is 10.2 Å². The molecule has 6 nitrogen and oxygen atoms in total. The predicted molar refractivity (Wildman–Crippen MR) is 91.4 cm³/mol. The summed E-state index contributed by atoms with van der Waals surface area (Å²) in [5.74, 6) is -0.638. The Kier molecular flexibility index (Phi) is 3.42. The van der Waals surface area contributed by atoms with E-state index in [1.54, 1.807) is 12.3 Å². The van der Waals surface area contributed by atoms with E-state index >= 15 is 0 Å². The Bertz CT molecular complexity index is 957. The topological polar surface area (TPSA) is 93.8 Å². The average molecular weight is 343 g/mol. The number of alkyl halides is 1. The highest BCUT2D eigenvalue weighted by Crippen LogP contribution is 2.35. The zero-order valence-corrected chi connectivity index (χ0v) is 13.6. The highest BCUT2D eigenvalue weighted by molar-refractivity contribution is 7.09. The number of carbonyl (C=O) groups is 1. The number of anilines is 2. The maximum atomic E-state index is 13.0. The molecule has 122 valence electrons. The summed E-state index contributed by atoms with van der Waals surface area (Å²) in [6.45, 7) is 1.98. The lowest BCUT2D eigenvalue weighted by Crippen LogP contribution is -2.16. The van der Waals surface area contributed by atoms with E-state index in [1.807, 2.05) is 19.1 Å². The third kappa shape index (κ3) is 2.58. The Morgan fingerprint density at radius 2 is 2.17 bits per heavy atom. The Morgan fingerprint density at radius 3 is 2.83 bits per heavy atom. The fraction of sp³-hybridized carbons (Fsp3) is 0.250. The SMILES string of the molecule is Cc1cnsc1-c1cc(N)c2nnc(NC(=O)[C@@H]3C[C@@H]3F)cc2c1. The van der Waals surface area contributed by atoms with E-state index in [-0.39, 0.29) is 12.3 Å². The second-order valence-electron chi connectivity index (χ2n) is 5.92. The fourth-order valence-electron chi connectivity index (χ4n) is 2.60. The van der Waals surface area contributed by atoms with Crippen molar-refractivity contribution < 1.29 is 9.18 Å². The van der Waals surface area contributed by atoms with Crippen molar-refractivity contribution in [1.29, 1.82) is 0 Å². The number of nitrogens with one attached hydrogen (secondary N) is 1. The van der Waals surface area contributed by atoms with Gasteiger partial charge in [0.2, 0.25) is 5.91 Å². The third-order valence-electron chi connectivity index (χ3n) is 4.03. The van der Waals surface area contributed by atoms with E-state index in [0.29, 0.717) is 17.0 Å². The van der Waals surface area contributed by atoms with E-state index in [9.17, 15) is 9.18 Å². The Morgan fingerprint density at radius 1 is 1.38 bits per heavy atom. The Labute approximate surface area is 141 Å². The van der Waals surface area contributed by atoms with Crippen LogP contribution in [0.25, 0.3) is 21.3 Å². The second kappa shape index (κ2) is 5.48. The molecule has 0 spiro atoms. The van der Waals surface area contributed by atoms with Crippen LogP contribution in [0.15, 0.2) is 24.4 Å². The van der Waals surface area contributed by atoms with E-state index in [0.717, 1.165) is 21.4 Å². The van der Waals surface area contributed by atoms with Gasteiger partial charge in [-0.1, -0.05) is 0 Å². The molecule has 2 aromatic heterocycles. The molecular weight excluding hydrogens is 329 g/mol. The third-order valence-corrected chi connectivity index (χ3v) is 4.98. The smallest absolute Gasteiger partial charge is 0.231 e. The number of nitrogens with two attached hydrogens (primary N) is 1. The van der Waals surface area contributed by atoms with Gasteiger partial charge in [0, 0.05) is 11.6 Å². The number of nitrogens with zero attached hydrogens (tertiary/aromatic N) is 3. The lowest BCUT2D eigenvalue weighted by molar-refractivity contribution is -0.117. The first-order chi connectivity index (χ1) is 11.5. The molecule has 2 heterocycles. The van der Waals surface area contributed by atoms with Crippen molar-refractivity contribution in [2.24, 2.45) is 5.92 Å². The minimum absolute atomic E-state index is 0.272. The first-order valence-electron chi connectivity index (χ1n) is 7.46. The largest absolute Gasteiger partial charge is 0.397 e. The van der Waals surface area contributed by atoms with Gasteiger partial charge in [-0.2, -0.15) is 0 Å². The molecule has 1 amide bonds. The Hall–Kier alpha value is -2.61. The lowest BCUT2D eigenvalue weighted by atomic mass is 10.1. The van der Waals surface area contributed by atoms with Gasteiger partial charge in [-0.3, -0.25) is 4.79 Å². The van der Waals surface area contributed by atoms with E-state index in [4.69, 9.17) is 5.73 Å². The van der Waals surface area contributed by atoms with Gasteiger partial charge in [0.15, 0.2) is 5.82 Å². The molecule has 3 N–H and O–H groups in total. The summed E-state index contributed by atoms with van der Waals surface area (Å²) in [7, 11) is 0. The zero-order valence-electron chi connectivity index (χ0n) is 12.8. The fourth-order valence-corrected chi connectivity index (χ4v) is 3.34. The summed E-state index contributed by atoms with van der Waals surface area (Å²) in [6, 6.07) is 5.48. The van der Waals surface area contributed by atoms with Crippen LogP contribution in [-0.2, 0) is 4.79 Å². The Balaban J connectivity index is 1.72. The minimum Gasteiger partial charge on any atom is -0.397 e. The molecule has 0 aliphatic heterocycles. The van der Waals surface area contributed by atoms with Crippen molar-refractivity contribution in [3.63, 3.8) is 0 Å². The summed E-state index contributed by atoms with van der Waals surface area (Å²) < 4.78 is 17.1. The van der Waals surface area contributed by atoms with Crippen molar-refractivity contribution in [2.75, 3.05) is 11.1 Å². The minimum atomic E-state index is -1.05. The molecule has 1 aromatic carbocycles. The molecule has 1 fully saturated rings. The van der Waals surface area contributed by atoms with Crippen LogP contribution < -0.4 is 11.1 Å². The van der Waals surface area contributed by atoms with Crippen molar-refractivity contribution in [1.82, 2.24) is 14.6 Å². The van der Waals surface area contributed by atoms with Crippen LogP contribution in [0, 0.1) is 12.8 Å². The van der Waals surface area contributed by atoms with Gasteiger partial charge in [-0.25, -0.2) is 8.76 Å². The molecule has 0 bridgehead atoms. The molecule has 1 saturated carbocycles. The van der Waals surface area contributed by atoms with E-state index < -0.39 is 12.1 Å². The highest BCUT2D eigenvalue weighted by Gasteiger charge is 2.43. The van der Waals surface area contributed by atoms with Crippen molar-refractivity contribution in [3.8, 4) is 10.4 Å². The number of aromatic nitrogens is 3. The van der Waals surface area contributed by atoms with Crippen molar-refractivity contribution in [3.05, 3.63) is 30.0 Å². The van der Waals surface area contributed by atoms with Crippen LogP contribution in [-0.4, -0.2) is 26.6 Å². The lowest BCUT2D eigenvalue weighted by Gasteiger charge is -2.08. The summed E-state index contributed by atoms with van der Waals surface area (Å²) in [5, 5.41) is 11.4. The van der Waals surface area contributed by atoms with Gasteiger partial charge in [-0.05, 0) is 54.2 Å². The van der Waals surface area contributed by atoms with Crippen molar-refractivity contribution in [2.45, 2.75) is 19.5 Å². The number of nitrogen functional groups attached to an aromatic ring is 1. The second-order valence-corrected chi connectivity index (χ2v) is 6.72. The normalized spacial score (nSPS) is 19.4. The van der Waals surface area contributed by atoms with Crippen LogP contribution in [0.5, 0.6) is 0 Å². The standard InChI is InChI=1S/C16H14FN5OS/c1-7-6-19-24-15(7)9-2-8-4-13(20-16(23)10-5-11(10)17)21-22-14(8)12(18)3-9/h2-4,6,10-11H,5,18H2,1H3,(H,20,21,23)/t10-,11+/m1/s1. The number of fused-ring (bicyclic) bond motifs is 1. The van der Waals surface area contributed by atoms with E-state index in [1.165, 1.54) is 11.5 Å². The molecule has 24 heavy (non-hydrogen) atoms. The molecule has 2 atom stereocenters. The predicted octanol–water partition coefficient (Wildman–Crippen LogP) is 2.94. The highest BCUT2D eigenvalue weighted by atomic mass is 32.1. The summed E-state index contributed by atoms with van der Waals surface area (Å²) in [4.78, 5) is 12.9. The maximum Gasteiger partial charge on any atom is 0.231 e. The van der Waals surface area contributed by atoms with Crippen molar-refractivity contribution >= 4 is 39.8 Å². The molecular formula is C16H14FN5OS. The molecule has 0 saturated heterocycles. The monoisotopic (exact) mass is 343 g/mol. The van der Waals surface area contributed by atoms with Gasteiger partial charge < -0.3 is 11.1 Å². The summed E-state index contributed by atoms with van der Waals surface area (Å²) in [5.41, 5.74) is 9.16. The van der Waals surface area contributed by atoms with Crippen LogP contribution >= 0.6 is 11.5 Å². The molecule has 1 aliphatic carbocycles. The van der Waals surface area contributed by atoms with Gasteiger partial charge in [0.05, 0.1) is 16.5 Å². The number of halogens is 1. The number of carbonyl (C=O) groups excluding carboxylic acids is 1. The molecule has 4 rings (SSSR count). The number of rotatable bonds is 3. The van der Waals surface area contributed by atoms with E-state index in [2.05, 4.69) is 19.9 Å². The molecule has 0 unspecified atom stereocenters. The number of amides is 1. The average Bonchev–Trinajstić information content (AvgIpc) is 3.12. The van der Waals surface area contributed by atoms with Crippen LogP contribution in [0.4, 0.5) is 15.9 Å². The van der Waals surface area contributed by atoms with Crippen LogP contribution in [0.2, 0.25) is 0 Å². The summed E-state index contributed by atoms with van der Waals surface area (Å²) >= 11 is 1.39. The maximum absolute atomic E-state index is 13.0. The first-order valence-corrected chi connectivity index (χ1v) is 8.24. The van der Waals surface area contributed by atoms with Crippen LogP contribution in [0.3, 0.4) is 0 Å². The quantitative estimate of drug-likeness (QED) is 0.713.